The van der Waals surface area contributed by atoms with Gasteiger partial charge in [-0.05, 0) is 43.9 Å². The van der Waals surface area contributed by atoms with Gasteiger partial charge in [-0.1, -0.05) is 26.0 Å². The first kappa shape index (κ1) is 18.2. The van der Waals surface area contributed by atoms with Crippen molar-refractivity contribution in [3.05, 3.63) is 29.3 Å². The number of hydrogen-bond acceptors (Lipinski definition) is 2. The molecule has 4 heteroatoms. The van der Waals surface area contributed by atoms with Crippen LogP contribution in [0, 0.1) is 19.8 Å². The van der Waals surface area contributed by atoms with Gasteiger partial charge in [0.15, 0.2) is 0 Å². The van der Waals surface area contributed by atoms with E-state index in [0.717, 1.165) is 29.7 Å². The molecule has 1 N–H and O–H groups in total. The molecule has 0 saturated heterocycles. The fourth-order valence-corrected chi connectivity index (χ4v) is 2.57. The molecule has 2 amide bonds. The Morgan fingerprint density at radius 3 is 2.36 bits per heavy atom. The number of nitrogens with zero attached hydrogens (tertiary/aromatic N) is 1. The van der Waals surface area contributed by atoms with Gasteiger partial charge in [-0.25, -0.2) is 0 Å². The van der Waals surface area contributed by atoms with Crippen molar-refractivity contribution in [3.63, 3.8) is 0 Å². The third-order valence-corrected chi connectivity index (χ3v) is 4.24. The van der Waals surface area contributed by atoms with Gasteiger partial charge in [0.1, 0.15) is 0 Å². The van der Waals surface area contributed by atoms with Gasteiger partial charge in [-0.3, -0.25) is 9.59 Å². The first-order chi connectivity index (χ1) is 10.4. The highest BCUT2D eigenvalue weighted by Crippen LogP contribution is 2.22. The number of nitrogens with one attached hydrogen (secondary N) is 1. The van der Waals surface area contributed by atoms with Crippen molar-refractivity contribution >= 4 is 17.5 Å². The lowest BCUT2D eigenvalue weighted by atomic mass is 10.0. The third kappa shape index (κ3) is 4.58. The van der Waals surface area contributed by atoms with Crippen molar-refractivity contribution in [2.45, 2.75) is 47.5 Å². The second-order valence-electron chi connectivity index (χ2n) is 5.69. The summed E-state index contributed by atoms with van der Waals surface area (Å²) in [6, 6.07) is 5.94. The van der Waals surface area contributed by atoms with Crippen LogP contribution >= 0.6 is 0 Å². The minimum atomic E-state index is -0.00881. The summed E-state index contributed by atoms with van der Waals surface area (Å²) in [4.78, 5) is 25.7. The molecule has 0 aliphatic carbocycles. The predicted molar refractivity (Wildman–Crippen MR) is 91.0 cm³/mol. The van der Waals surface area contributed by atoms with E-state index in [1.165, 1.54) is 0 Å². The van der Waals surface area contributed by atoms with Gasteiger partial charge in [0.05, 0.1) is 0 Å². The highest BCUT2D eigenvalue weighted by molar-refractivity contribution is 5.92. The number of carbonyl (C=O) groups excluding carboxylic acids is 2. The van der Waals surface area contributed by atoms with Crippen LogP contribution in [0.1, 0.15) is 44.7 Å². The summed E-state index contributed by atoms with van der Waals surface area (Å²) in [6.45, 7) is 10.6. The topological polar surface area (TPSA) is 49.4 Å². The first-order valence-electron chi connectivity index (χ1n) is 8.04. The molecule has 122 valence electrons. The van der Waals surface area contributed by atoms with Crippen molar-refractivity contribution in [2.75, 3.05) is 18.0 Å². The maximum Gasteiger partial charge on any atom is 0.223 e. The summed E-state index contributed by atoms with van der Waals surface area (Å²) in [7, 11) is 0. The van der Waals surface area contributed by atoms with Gasteiger partial charge in [-0.2, -0.15) is 0 Å². The summed E-state index contributed by atoms with van der Waals surface area (Å²) < 4.78 is 0. The van der Waals surface area contributed by atoms with Gasteiger partial charge in [0.25, 0.3) is 0 Å². The summed E-state index contributed by atoms with van der Waals surface area (Å²) in [5, 5.41) is 2.94. The standard InChI is InChI=1S/C18H28N2O2/c1-6-16(7-2)18(22)19-11-12-20(15(5)21)17-10-8-9-13(3)14(17)4/h8-10,16H,6-7,11-12H2,1-5H3,(H,19,22). The molecule has 4 nitrogen and oxygen atoms in total. The molecule has 0 spiro atoms. The average molecular weight is 304 g/mol. The Morgan fingerprint density at radius 1 is 1.18 bits per heavy atom. The summed E-state index contributed by atoms with van der Waals surface area (Å²) in [5.74, 6) is 0.131. The average Bonchev–Trinajstić information content (AvgIpc) is 2.48. The monoisotopic (exact) mass is 304 g/mol. The fourth-order valence-electron chi connectivity index (χ4n) is 2.57. The lowest BCUT2D eigenvalue weighted by Gasteiger charge is -2.24. The Balaban J connectivity index is 2.73. The van der Waals surface area contributed by atoms with Crippen LogP contribution in [0.2, 0.25) is 0 Å². The molecule has 0 aliphatic heterocycles. The molecule has 0 bridgehead atoms. The maximum atomic E-state index is 12.0. The zero-order valence-corrected chi connectivity index (χ0v) is 14.4. The van der Waals surface area contributed by atoms with Crippen LogP contribution in [0.4, 0.5) is 5.69 Å². The van der Waals surface area contributed by atoms with Gasteiger partial charge < -0.3 is 10.2 Å². The van der Waals surface area contributed by atoms with Gasteiger partial charge >= 0.3 is 0 Å². The molecule has 0 saturated carbocycles. The smallest absolute Gasteiger partial charge is 0.223 e. The lowest BCUT2D eigenvalue weighted by Crippen LogP contribution is -2.39. The molecule has 0 atom stereocenters. The lowest BCUT2D eigenvalue weighted by molar-refractivity contribution is -0.125. The molecule has 22 heavy (non-hydrogen) atoms. The molecule has 1 aromatic rings. The van der Waals surface area contributed by atoms with E-state index >= 15 is 0 Å². The molecule has 0 fully saturated rings. The zero-order chi connectivity index (χ0) is 16.7. The Labute approximate surface area is 133 Å². The minimum absolute atomic E-state index is 0.00881. The van der Waals surface area contributed by atoms with E-state index < -0.39 is 0 Å². The van der Waals surface area contributed by atoms with Gasteiger partial charge in [0, 0.05) is 31.6 Å². The Hall–Kier alpha value is -1.84. The molecule has 0 heterocycles. The predicted octanol–water partition coefficient (Wildman–Crippen LogP) is 3.21. The molecule has 0 aliphatic rings. The molecule has 1 aromatic carbocycles. The van der Waals surface area contributed by atoms with Crippen molar-refractivity contribution in [1.82, 2.24) is 5.32 Å². The van der Waals surface area contributed by atoms with Gasteiger partial charge in [0.2, 0.25) is 11.8 Å². The molecule has 0 unspecified atom stereocenters. The highest BCUT2D eigenvalue weighted by atomic mass is 16.2. The SMILES string of the molecule is CCC(CC)C(=O)NCCN(C(C)=O)c1cccc(C)c1C. The van der Waals surface area contributed by atoms with E-state index in [2.05, 4.69) is 5.32 Å². The third-order valence-electron chi connectivity index (χ3n) is 4.24. The quantitative estimate of drug-likeness (QED) is 0.841. The van der Waals surface area contributed by atoms with Gasteiger partial charge in [-0.15, -0.1) is 0 Å². The molecular weight excluding hydrogens is 276 g/mol. The van der Waals surface area contributed by atoms with E-state index in [1.54, 1.807) is 11.8 Å². The van der Waals surface area contributed by atoms with Crippen molar-refractivity contribution in [2.24, 2.45) is 5.92 Å². The van der Waals surface area contributed by atoms with Crippen molar-refractivity contribution in [1.29, 1.82) is 0 Å². The number of aryl methyl sites for hydroxylation is 1. The van der Waals surface area contributed by atoms with E-state index in [1.807, 2.05) is 45.9 Å². The minimum Gasteiger partial charge on any atom is -0.354 e. The number of benzene rings is 1. The van der Waals surface area contributed by atoms with Crippen LogP contribution in [0.15, 0.2) is 18.2 Å². The first-order valence-corrected chi connectivity index (χ1v) is 8.04. The maximum absolute atomic E-state index is 12.0. The van der Waals surface area contributed by atoms with Crippen LogP contribution in [0.3, 0.4) is 0 Å². The molecule has 0 radical (unpaired) electrons. The van der Waals surface area contributed by atoms with Crippen LogP contribution < -0.4 is 10.2 Å². The fraction of sp³-hybridized carbons (Fsp3) is 0.556. The zero-order valence-electron chi connectivity index (χ0n) is 14.4. The second kappa shape index (κ2) is 8.57. The van der Waals surface area contributed by atoms with E-state index in [0.29, 0.717) is 13.1 Å². The summed E-state index contributed by atoms with van der Waals surface area (Å²) in [5.41, 5.74) is 3.18. The normalized spacial score (nSPS) is 10.6. The molecular formula is C18H28N2O2. The summed E-state index contributed by atoms with van der Waals surface area (Å²) >= 11 is 0. The van der Waals surface area contributed by atoms with E-state index in [4.69, 9.17) is 0 Å². The van der Waals surface area contributed by atoms with E-state index in [-0.39, 0.29) is 17.7 Å². The summed E-state index contributed by atoms with van der Waals surface area (Å²) in [6.07, 6.45) is 1.69. The number of hydrogen-bond donors (Lipinski definition) is 1. The number of anilines is 1. The Kier molecular flexibility index (Phi) is 7.09. The van der Waals surface area contributed by atoms with Crippen molar-refractivity contribution in [3.8, 4) is 0 Å². The van der Waals surface area contributed by atoms with Crippen molar-refractivity contribution < 1.29 is 9.59 Å². The highest BCUT2D eigenvalue weighted by Gasteiger charge is 2.17. The van der Waals surface area contributed by atoms with Crippen LogP contribution in [0.5, 0.6) is 0 Å². The van der Waals surface area contributed by atoms with E-state index in [9.17, 15) is 9.59 Å². The van der Waals surface area contributed by atoms with Crippen LogP contribution in [-0.2, 0) is 9.59 Å². The van der Waals surface area contributed by atoms with Crippen LogP contribution in [0.25, 0.3) is 0 Å². The molecule has 1 rings (SSSR count). The van der Waals surface area contributed by atoms with Crippen LogP contribution in [-0.4, -0.2) is 24.9 Å². The Bertz CT molecular complexity index is 522. The second-order valence-corrected chi connectivity index (χ2v) is 5.69. The number of rotatable bonds is 7. The number of amides is 2. The molecule has 0 aromatic heterocycles. The number of carbonyl (C=O) groups is 2. The largest absolute Gasteiger partial charge is 0.354 e. The Morgan fingerprint density at radius 2 is 1.82 bits per heavy atom.